The van der Waals surface area contributed by atoms with Gasteiger partial charge in [0.25, 0.3) is 6.02 Å². The Morgan fingerprint density at radius 1 is 1.42 bits per heavy atom. The molecule has 0 saturated heterocycles. The molecule has 1 N–H and O–H groups in total. The molecule has 1 saturated carbocycles. The molecule has 0 amide bonds. The summed E-state index contributed by atoms with van der Waals surface area (Å²) in [5, 5.41) is 3.16. The summed E-state index contributed by atoms with van der Waals surface area (Å²) < 4.78 is 19.7. The third-order valence-corrected chi connectivity index (χ3v) is 2.39. The van der Waals surface area contributed by atoms with Crippen LogP contribution in [0.15, 0.2) is 4.99 Å². The van der Waals surface area contributed by atoms with Gasteiger partial charge in [-0.15, -0.1) is 0 Å². The summed E-state index contributed by atoms with van der Waals surface area (Å²) in [4.78, 5) is 3.99. The van der Waals surface area contributed by atoms with Crippen LogP contribution in [0.4, 0.5) is 0 Å². The van der Waals surface area contributed by atoms with Crippen LogP contribution < -0.4 is 5.32 Å². The van der Waals surface area contributed by atoms with Crippen molar-refractivity contribution in [2.45, 2.75) is 38.1 Å². The molecule has 0 bridgehead atoms. The van der Waals surface area contributed by atoms with Crippen LogP contribution in [-0.2, 0) is 4.74 Å². The summed E-state index contributed by atoms with van der Waals surface area (Å²) >= 11 is 0. The molecule has 0 radical (unpaired) electrons. The monoisotopic (exact) mass is 170 g/mol. The van der Waals surface area contributed by atoms with Gasteiger partial charge in [0.2, 0.25) is 0 Å². The molecule has 0 aromatic heterocycles. The van der Waals surface area contributed by atoms with Gasteiger partial charge in [-0.2, -0.15) is 0 Å². The average Bonchev–Trinajstić information content (AvgIpc) is 2.47. The summed E-state index contributed by atoms with van der Waals surface area (Å²) in [6.07, 6.45) is 6.10. The van der Waals surface area contributed by atoms with Crippen LogP contribution in [0.25, 0.3) is 0 Å². The van der Waals surface area contributed by atoms with E-state index in [0.717, 1.165) is 12.8 Å². The van der Waals surface area contributed by atoms with Crippen molar-refractivity contribution in [1.29, 1.82) is 0 Å². The van der Waals surface area contributed by atoms with Crippen molar-refractivity contribution < 1.29 is 7.48 Å². The van der Waals surface area contributed by atoms with E-state index in [9.17, 15) is 0 Å². The van der Waals surface area contributed by atoms with Crippen LogP contribution >= 0.6 is 0 Å². The third-order valence-electron chi connectivity index (χ3n) is 2.39. The number of nitrogens with one attached hydrogen (secondary N) is 1. The molecule has 1 aliphatic heterocycles. The minimum Gasteiger partial charge on any atom is -0.463 e. The zero-order valence-electron chi connectivity index (χ0n) is 9.18. The highest BCUT2D eigenvalue weighted by atomic mass is 16.5. The van der Waals surface area contributed by atoms with Gasteiger partial charge in [0.05, 0.1) is 9.29 Å². The molecule has 0 aromatic rings. The van der Waals surface area contributed by atoms with Crippen molar-refractivity contribution in [3.05, 3.63) is 0 Å². The van der Waals surface area contributed by atoms with Crippen molar-refractivity contribution in [2.24, 2.45) is 4.99 Å². The van der Waals surface area contributed by atoms with Crippen molar-refractivity contribution in [1.82, 2.24) is 5.32 Å². The predicted molar refractivity (Wildman–Crippen MR) is 48.3 cm³/mol. The molecule has 2 aliphatic rings. The lowest BCUT2D eigenvalue weighted by Crippen LogP contribution is -2.36. The maximum Gasteiger partial charge on any atom is 0.285 e. The lowest BCUT2D eigenvalue weighted by atomic mass is 9.96. The number of amidine groups is 1. The lowest BCUT2D eigenvalue weighted by molar-refractivity contribution is 0.311. The highest BCUT2D eigenvalue weighted by molar-refractivity contribution is 5.75. The van der Waals surface area contributed by atoms with E-state index in [1.807, 2.05) is 0 Å². The number of hydrogen-bond donors (Lipinski definition) is 1. The zero-order valence-corrected chi connectivity index (χ0v) is 7.18. The van der Waals surface area contributed by atoms with Crippen molar-refractivity contribution in [3.8, 4) is 0 Å². The summed E-state index contributed by atoms with van der Waals surface area (Å²) in [7, 11) is 0. The fourth-order valence-electron chi connectivity index (χ4n) is 1.73. The van der Waals surface area contributed by atoms with Gasteiger partial charge in [-0.3, -0.25) is 0 Å². The Balaban J connectivity index is 1.80. The van der Waals surface area contributed by atoms with Gasteiger partial charge in [-0.05, 0) is 12.8 Å². The second kappa shape index (κ2) is 3.78. The molecule has 2 rings (SSSR count). The van der Waals surface area contributed by atoms with Gasteiger partial charge >= 0.3 is 0 Å². The summed E-state index contributed by atoms with van der Waals surface area (Å²) in [6, 6.07) is 0.818. The third kappa shape index (κ3) is 1.90. The highest BCUT2D eigenvalue weighted by Crippen LogP contribution is 2.17. The predicted octanol–water partition coefficient (Wildman–Crippen LogP) is 1.29. The second-order valence-corrected chi connectivity index (χ2v) is 3.35. The Morgan fingerprint density at radius 2 is 2.25 bits per heavy atom. The number of rotatable bonds is 1. The molecule has 0 unspecified atom stereocenters. The summed E-state index contributed by atoms with van der Waals surface area (Å²) in [5.41, 5.74) is 0. The van der Waals surface area contributed by atoms with E-state index in [2.05, 4.69) is 10.3 Å². The lowest BCUT2D eigenvalue weighted by Gasteiger charge is -2.22. The fourth-order valence-corrected chi connectivity index (χ4v) is 1.73. The molecule has 3 nitrogen and oxygen atoms in total. The minimum atomic E-state index is -1.60. The number of aliphatic imine (C=N–C) groups is 1. The summed E-state index contributed by atoms with van der Waals surface area (Å²) in [6.45, 7) is -1.49. The van der Waals surface area contributed by atoms with Crippen LogP contribution in [0.3, 0.4) is 0 Å². The van der Waals surface area contributed by atoms with Crippen molar-refractivity contribution in [2.75, 3.05) is 13.1 Å². The normalized spacial score (nSPS) is 31.5. The number of nitrogens with zero attached hydrogens (tertiary/aromatic N) is 1. The molecule has 68 valence electrons. The van der Waals surface area contributed by atoms with Crippen LogP contribution in [0.1, 0.15) is 34.8 Å². The molecule has 1 fully saturated rings. The van der Waals surface area contributed by atoms with Crippen LogP contribution in [0.2, 0.25) is 0 Å². The quantitative estimate of drug-likeness (QED) is 0.643. The van der Waals surface area contributed by atoms with Crippen LogP contribution in [0, 0.1) is 0 Å². The molecule has 0 spiro atoms. The van der Waals surface area contributed by atoms with E-state index in [0.29, 0.717) is 12.1 Å². The maximum atomic E-state index is 7.32. The first-order valence-corrected chi connectivity index (χ1v) is 4.66. The fraction of sp³-hybridized carbons (Fsp3) is 0.889. The Kier molecular flexibility index (Phi) is 1.84. The second-order valence-electron chi connectivity index (χ2n) is 3.35. The molecule has 12 heavy (non-hydrogen) atoms. The largest absolute Gasteiger partial charge is 0.463 e. The van der Waals surface area contributed by atoms with Gasteiger partial charge in [-0.25, -0.2) is 4.99 Å². The van der Waals surface area contributed by atoms with Crippen molar-refractivity contribution in [3.63, 3.8) is 0 Å². The molecular weight excluding hydrogens is 152 g/mol. The molecule has 1 heterocycles. The first kappa shape index (κ1) is 5.84. The smallest absolute Gasteiger partial charge is 0.285 e. The molecular formula is C9H16N2O. The molecule has 3 heteroatoms. The number of hydrogen-bond acceptors (Lipinski definition) is 3. The van der Waals surface area contributed by atoms with Gasteiger partial charge < -0.3 is 10.1 Å². The van der Waals surface area contributed by atoms with Gasteiger partial charge in [-0.1, -0.05) is 19.3 Å². The molecule has 0 atom stereocenters. The molecule has 0 aromatic carbocycles. The average molecular weight is 170 g/mol. The maximum absolute atomic E-state index is 7.32. The van der Waals surface area contributed by atoms with E-state index in [-0.39, 0.29) is 6.54 Å². The Bertz CT molecular complexity index is 237. The molecule has 1 aliphatic carbocycles. The van der Waals surface area contributed by atoms with Gasteiger partial charge in [0, 0.05) is 6.04 Å². The summed E-state index contributed by atoms with van der Waals surface area (Å²) in [5.74, 6) is 0. The van der Waals surface area contributed by atoms with E-state index < -0.39 is 6.56 Å². The SMILES string of the molecule is [2H]C1([2H])CN=C(NC2CCCCC2)O1. The van der Waals surface area contributed by atoms with E-state index in [1.165, 1.54) is 19.3 Å². The van der Waals surface area contributed by atoms with E-state index in [4.69, 9.17) is 7.48 Å². The van der Waals surface area contributed by atoms with Gasteiger partial charge in [0.1, 0.15) is 6.56 Å². The van der Waals surface area contributed by atoms with Crippen LogP contribution in [-0.4, -0.2) is 25.2 Å². The van der Waals surface area contributed by atoms with Gasteiger partial charge in [0.15, 0.2) is 0 Å². The zero-order chi connectivity index (χ0) is 10.0. The topological polar surface area (TPSA) is 33.6 Å². The minimum absolute atomic E-state index is 0.113. The first-order valence-electron chi connectivity index (χ1n) is 5.66. The van der Waals surface area contributed by atoms with E-state index >= 15 is 0 Å². The standard InChI is InChI=1S/C9H16N2O/c1-2-4-8(5-3-1)11-9-10-6-7-12-9/h8H,1-7H2,(H,10,11)/i7D2. The van der Waals surface area contributed by atoms with E-state index in [1.54, 1.807) is 0 Å². The first-order chi connectivity index (χ1) is 6.66. The van der Waals surface area contributed by atoms with Crippen LogP contribution in [0.5, 0.6) is 0 Å². The highest BCUT2D eigenvalue weighted by Gasteiger charge is 2.16. The number of ether oxygens (including phenoxy) is 1. The Morgan fingerprint density at radius 3 is 2.92 bits per heavy atom. The Labute approximate surface area is 76.0 Å². The Hall–Kier alpha value is -0.730. The van der Waals surface area contributed by atoms with Crippen molar-refractivity contribution >= 4 is 6.02 Å².